The van der Waals surface area contributed by atoms with Gasteiger partial charge < -0.3 is 10.0 Å². The van der Waals surface area contributed by atoms with Crippen LogP contribution >= 0.6 is 0 Å². The highest BCUT2D eigenvalue weighted by Crippen LogP contribution is 2.35. The van der Waals surface area contributed by atoms with Crippen LogP contribution in [0, 0.1) is 0 Å². The fraction of sp³-hybridized carbons (Fsp3) is 0.222. The molecule has 3 aliphatic rings. The van der Waals surface area contributed by atoms with Gasteiger partial charge in [0.1, 0.15) is 0 Å². The van der Waals surface area contributed by atoms with Crippen LogP contribution in [-0.2, 0) is 4.79 Å². The van der Waals surface area contributed by atoms with Gasteiger partial charge in [0, 0.05) is 18.0 Å². The summed E-state index contributed by atoms with van der Waals surface area (Å²) in [5, 5.41) is 11.6. The monoisotopic (exact) mass is 292 g/mol. The minimum absolute atomic E-state index is 0.383. The Labute approximate surface area is 128 Å². The molecule has 4 rings (SSSR count). The minimum atomic E-state index is -0.872. The van der Waals surface area contributed by atoms with Crippen molar-refractivity contribution in [2.75, 3.05) is 6.54 Å². The quantitative estimate of drug-likeness (QED) is 0.903. The molecule has 22 heavy (non-hydrogen) atoms. The topological polar surface area (TPSA) is 52.9 Å². The number of nitrogens with zero attached hydrogens (tertiary/aromatic N) is 2. The maximum atomic E-state index is 11.5. The third-order valence-corrected chi connectivity index (χ3v) is 4.45. The van der Waals surface area contributed by atoms with Gasteiger partial charge in [-0.1, -0.05) is 25.1 Å². The summed E-state index contributed by atoms with van der Waals surface area (Å²) in [6.45, 7) is 2.85. The molecule has 0 saturated carbocycles. The molecule has 0 fully saturated rings. The van der Waals surface area contributed by atoms with Gasteiger partial charge in [-0.2, -0.15) is 0 Å². The molecule has 0 atom stereocenters. The smallest absolute Gasteiger partial charge is 0.336 e. The molecular weight excluding hydrogens is 276 g/mol. The Kier molecular flexibility index (Phi) is 2.79. The molecule has 110 valence electrons. The summed E-state index contributed by atoms with van der Waals surface area (Å²) in [6.07, 6.45) is 5.40. The van der Waals surface area contributed by atoms with E-state index in [1.54, 1.807) is 6.08 Å². The first-order chi connectivity index (χ1) is 10.7. The second-order valence-electron chi connectivity index (χ2n) is 5.66. The van der Waals surface area contributed by atoms with Crippen molar-refractivity contribution in [3.63, 3.8) is 0 Å². The van der Waals surface area contributed by atoms with Gasteiger partial charge in [-0.15, -0.1) is 0 Å². The Hall–Kier alpha value is -2.62. The van der Waals surface area contributed by atoms with Crippen LogP contribution in [0.3, 0.4) is 0 Å². The number of hydrogen-bond acceptors (Lipinski definition) is 3. The lowest BCUT2D eigenvalue weighted by Crippen LogP contribution is -2.29. The summed E-state index contributed by atoms with van der Waals surface area (Å²) in [7, 11) is 0. The van der Waals surface area contributed by atoms with E-state index in [-0.39, 0.29) is 0 Å². The zero-order valence-electron chi connectivity index (χ0n) is 12.3. The van der Waals surface area contributed by atoms with Crippen LogP contribution in [0.5, 0.6) is 0 Å². The summed E-state index contributed by atoms with van der Waals surface area (Å²) >= 11 is 0. The number of fused-ring (bicyclic) bond motifs is 3. The maximum Gasteiger partial charge on any atom is 0.336 e. The van der Waals surface area contributed by atoms with Gasteiger partial charge in [-0.05, 0) is 36.1 Å². The van der Waals surface area contributed by atoms with E-state index in [0.717, 1.165) is 35.3 Å². The second kappa shape index (κ2) is 4.70. The Morgan fingerprint density at radius 1 is 1.36 bits per heavy atom. The molecule has 0 radical (unpaired) electrons. The van der Waals surface area contributed by atoms with Crippen molar-refractivity contribution < 1.29 is 9.90 Å². The Bertz CT molecular complexity index is 903. The number of allylic oxidation sites excluding steroid dienone is 2. The molecule has 3 heterocycles. The largest absolute Gasteiger partial charge is 0.478 e. The molecule has 0 amide bonds. The van der Waals surface area contributed by atoms with Crippen LogP contribution in [0.15, 0.2) is 64.1 Å². The lowest BCUT2D eigenvalue weighted by molar-refractivity contribution is -0.132. The van der Waals surface area contributed by atoms with Gasteiger partial charge in [-0.3, -0.25) is 0 Å². The highest BCUT2D eigenvalue weighted by atomic mass is 16.4. The van der Waals surface area contributed by atoms with Gasteiger partial charge in [0.2, 0.25) is 0 Å². The summed E-state index contributed by atoms with van der Waals surface area (Å²) < 4.78 is 0. The van der Waals surface area contributed by atoms with Crippen molar-refractivity contribution in [1.82, 2.24) is 4.90 Å². The molecule has 1 N–H and O–H groups in total. The molecule has 0 saturated heterocycles. The molecule has 0 bridgehead atoms. The molecule has 3 aliphatic heterocycles. The van der Waals surface area contributed by atoms with Crippen LogP contribution in [-0.4, -0.2) is 22.5 Å². The molecule has 0 unspecified atom stereocenters. The predicted molar refractivity (Wildman–Crippen MR) is 83.1 cm³/mol. The molecule has 0 aromatic heterocycles. The van der Waals surface area contributed by atoms with Crippen molar-refractivity contribution >= 4 is 11.5 Å². The van der Waals surface area contributed by atoms with E-state index in [4.69, 9.17) is 4.99 Å². The van der Waals surface area contributed by atoms with Gasteiger partial charge in [0.25, 0.3) is 0 Å². The van der Waals surface area contributed by atoms with Crippen LogP contribution < -0.4 is 10.6 Å². The fourth-order valence-electron chi connectivity index (χ4n) is 3.35. The van der Waals surface area contributed by atoms with Gasteiger partial charge in [0.15, 0.2) is 0 Å². The van der Waals surface area contributed by atoms with Gasteiger partial charge >= 0.3 is 5.97 Å². The normalized spacial score (nSPS) is 19.0. The molecule has 1 aromatic rings. The van der Waals surface area contributed by atoms with Crippen LogP contribution in [0.2, 0.25) is 0 Å². The van der Waals surface area contributed by atoms with Crippen molar-refractivity contribution in [3.8, 4) is 0 Å². The average molecular weight is 292 g/mol. The number of carbonyl (C=O) groups is 1. The Morgan fingerprint density at radius 3 is 2.95 bits per heavy atom. The van der Waals surface area contributed by atoms with Crippen molar-refractivity contribution in [1.29, 1.82) is 0 Å². The van der Waals surface area contributed by atoms with Gasteiger partial charge in [-0.25, -0.2) is 9.79 Å². The van der Waals surface area contributed by atoms with E-state index >= 15 is 0 Å². The third kappa shape index (κ3) is 1.77. The van der Waals surface area contributed by atoms with Crippen molar-refractivity contribution in [2.24, 2.45) is 4.99 Å². The summed E-state index contributed by atoms with van der Waals surface area (Å²) in [6, 6.07) is 8.11. The summed E-state index contributed by atoms with van der Waals surface area (Å²) in [5.74, 6) is -0.872. The third-order valence-electron chi connectivity index (χ3n) is 4.45. The van der Waals surface area contributed by atoms with E-state index in [2.05, 4.69) is 11.0 Å². The number of carboxylic acids is 1. The molecule has 4 heteroatoms. The highest BCUT2D eigenvalue weighted by Gasteiger charge is 2.29. The number of hydrogen-bond donors (Lipinski definition) is 1. The van der Waals surface area contributed by atoms with E-state index in [0.29, 0.717) is 12.0 Å². The van der Waals surface area contributed by atoms with E-state index in [1.807, 2.05) is 31.3 Å². The summed E-state index contributed by atoms with van der Waals surface area (Å²) in [5.41, 5.74) is 4.32. The molecule has 4 nitrogen and oxygen atoms in total. The second-order valence-corrected chi connectivity index (χ2v) is 5.66. The highest BCUT2D eigenvalue weighted by molar-refractivity contribution is 5.93. The van der Waals surface area contributed by atoms with E-state index < -0.39 is 5.97 Å². The number of carboxylic acid groups (broad SMARTS) is 1. The lowest BCUT2D eigenvalue weighted by atomic mass is 9.94. The number of para-hydroxylation sites is 1. The first-order valence-electron chi connectivity index (χ1n) is 7.53. The molecular formula is C18H16N2O2. The standard InChI is InChI=1S/C18H16N2O2/c1-2-11-10-20-8-7-13-12-5-3-4-6-15(12)19-17(13)16(20)9-14(11)18(21)22/h3-6,9-10H,2,7-8H2,1H3,(H,21,22). The first kappa shape index (κ1) is 13.1. The lowest BCUT2D eigenvalue weighted by Gasteiger charge is -2.32. The zero-order chi connectivity index (χ0) is 15.3. The zero-order valence-corrected chi connectivity index (χ0v) is 12.3. The van der Waals surface area contributed by atoms with Crippen molar-refractivity contribution in [3.05, 3.63) is 69.7 Å². The summed E-state index contributed by atoms with van der Waals surface area (Å²) in [4.78, 5) is 18.4. The van der Waals surface area contributed by atoms with E-state index in [9.17, 15) is 9.90 Å². The van der Waals surface area contributed by atoms with Crippen LogP contribution in [0.25, 0.3) is 5.57 Å². The number of benzene rings is 1. The predicted octanol–water partition coefficient (Wildman–Crippen LogP) is 1.71. The maximum absolute atomic E-state index is 11.5. The molecule has 1 aromatic carbocycles. The molecule has 0 aliphatic carbocycles. The van der Waals surface area contributed by atoms with E-state index in [1.165, 1.54) is 10.8 Å². The fourth-order valence-corrected chi connectivity index (χ4v) is 3.35. The number of rotatable bonds is 2. The van der Waals surface area contributed by atoms with Crippen LogP contribution in [0.1, 0.15) is 19.8 Å². The SMILES string of the molecule is CCC1=CN2CCC3=c4ccccc4=NC3=C2C=C1C(=O)O. The molecule has 0 spiro atoms. The van der Waals surface area contributed by atoms with Crippen LogP contribution in [0.4, 0.5) is 0 Å². The minimum Gasteiger partial charge on any atom is -0.478 e. The van der Waals surface area contributed by atoms with Gasteiger partial charge in [0.05, 0.1) is 22.3 Å². The Morgan fingerprint density at radius 2 is 2.18 bits per heavy atom. The number of aliphatic carboxylic acids is 1. The average Bonchev–Trinajstić information content (AvgIpc) is 2.92. The first-order valence-corrected chi connectivity index (χ1v) is 7.53. The Balaban J connectivity index is 1.97. The van der Waals surface area contributed by atoms with Crippen molar-refractivity contribution in [2.45, 2.75) is 19.8 Å².